The van der Waals surface area contributed by atoms with Gasteiger partial charge in [-0.1, -0.05) is 32.0 Å². The first-order valence-electron chi connectivity index (χ1n) is 10.4. The number of ether oxygens (including phenoxy) is 1. The SMILES string of the molecule is CC(C)C[C@H](NC(=O)[C@@H](CC(=O)c1ccc(Oc2ccccc2)cc1)[C@@H](C)O)B(O)O. The minimum atomic E-state index is -1.73. The quantitative estimate of drug-likeness (QED) is 0.324. The summed E-state index contributed by atoms with van der Waals surface area (Å²) < 4.78 is 5.71. The van der Waals surface area contributed by atoms with Crippen molar-refractivity contribution in [3.63, 3.8) is 0 Å². The molecule has 7 nitrogen and oxygen atoms in total. The topological polar surface area (TPSA) is 116 Å². The van der Waals surface area contributed by atoms with Gasteiger partial charge < -0.3 is 25.2 Å². The number of benzene rings is 2. The second-order valence-corrected chi connectivity index (χ2v) is 8.07. The summed E-state index contributed by atoms with van der Waals surface area (Å²) in [5, 5.41) is 31.7. The van der Waals surface area contributed by atoms with Gasteiger partial charge in [-0.05, 0) is 55.7 Å². The second kappa shape index (κ2) is 11.6. The molecular weight excluding hydrogens is 397 g/mol. The van der Waals surface area contributed by atoms with Crippen molar-refractivity contribution in [3.8, 4) is 11.5 Å². The van der Waals surface area contributed by atoms with Crippen LogP contribution in [0, 0.1) is 11.8 Å². The van der Waals surface area contributed by atoms with Gasteiger partial charge in [0, 0.05) is 12.0 Å². The molecule has 0 saturated heterocycles. The lowest BCUT2D eigenvalue weighted by Crippen LogP contribution is -2.50. The van der Waals surface area contributed by atoms with Gasteiger partial charge in [0.25, 0.3) is 0 Å². The summed E-state index contributed by atoms with van der Waals surface area (Å²) in [5.74, 6) is -1.42. The Bertz CT molecular complexity index is 839. The van der Waals surface area contributed by atoms with Crippen LogP contribution in [-0.4, -0.2) is 46.0 Å². The average Bonchev–Trinajstić information content (AvgIpc) is 2.72. The lowest BCUT2D eigenvalue weighted by Gasteiger charge is -2.24. The number of amides is 1. The highest BCUT2D eigenvalue weighted by Gasteiger charge is 2.32. The summed E-state index contributed by atoms with van der Waals surface area (Å²) in [5.41, 5.74) is 0.389. The Balaban J connectivity index is 2.03. The molecule has 0 bridgehead atoms. The van der Waals surface area contributed by atoms with Crippen LogP contribution >= 0.6 is 0 Å². The Labute approximate surface area is 183 Å². The summed E-state index contributed by atoms with van der Waals surface area (Å²) in [6.45, 7) is 5.21. The van der Waals surface area contributed by atoms with E-state index in [1.54, 1.807) is 24.3 Å². The van der Waals surface area contributed by atoms with Crippen LogP contribution in [0.4, 0.5) is 0 Å². The van der Waals surface area contributed by atoms with E-state index in [1.807, 2.05) is 44.2 Å². The molecule has 3 atom stereocenters. The maximum atomic E-state index is 12.7. The third-order valence-electron chi connectivity index (χ3n) is 4.89. The number of hydrogen-bond donors (Lipinski definition) is 4. The Morgan fingerprint density at radius 1 is 0.968 bits per heavy atom. The third kappa shape index (κ3) is 7.82. The number of nitrogens with one attached hydrogen (secondary N) is 1. The predicted octanol–water partition coefficient (Wildman–Crippen LogP) is 2.59. The van der Waals surface area contributed by atoms with E-state index in [0.717, 1.165) is 0 Å². The number of ketones is 1. The van der Waals surface area contributed by atoms with Gasteiger partial charge in [0.15, 0.2) is 5.78 Å². The van der Waals surface area contributed by atoms with Gasteiger partial charge in [0.2, 0.25) is 5.91 Å². The van der Waals surface area contributed by atoms with Crippen LogP contribution in [0.5, 0.6) is 11.5 Å². The molecule has 0 aliphatic carbocycles. The van der Waals surface area contributed by atoms with Crippen LogP contribution < -0.4 is 10.1 Å². The fourth-order valence-corrected chi connectivity index (χ4v) is 3.19. The number of hydrogen-bond acceptors (Lipinski definition) is 6. The highest BCUT2D eigenvalue weighted by Crippen LogP contribution is 2.22. The lowest BCUT2D eigenvalue weighted by molar-refractivity contribution is -0.128. The fourth-order valence-electron chi connectivity index (χ4n) is 3.19. The van der Waals surface area contributed by atoms with Crippen LogP contribution in [-0.2, 0) is 4.79 Å². The lowest BCUT2D eigenvalue weighted by atomic mass is 9.74. The molecule has 0 aliphatic heterocycles. The molecule has 4 N–H and O–H groups in total. The smallest absolute Gasteiger partial charge is 0.457 e. The van der Waals surface area contributed by atoms with Crippen LogP contribution in [0.2, 0.25) is 0 Å². The van der Waals surface area contributed by atoms with Crippen LogP contribution in [0.15, 0.2) is 54.6 Å². The van der Waals surface area contributed by atoms with Crippen LogP contribution in [0.3, 0.4) is 0 Å². The number of aliphatic hydroxyl groups is 1. The third-order valence-corrected chi connectivity index (χ3v) is 4.89. The maximum Gasteiger partial charge on any atom is 0.475 e. The van der Waals surface area contributed by atoms with E-state index in [9.17, 15) is 24.7 Å². The molecule has 8 heteroatoms. The van der Waals surface area contributed by atoms with Crippen molar-refractivity contribution < 1.29 is 29.5 Å². The molecule has 166 valence electrons. The fraction of sp³-hybridized carbons (Fsp3) is 0.391. The second-order valence-electron chi connectivity index (χ2n) is 8.07. The number of carbonyl (C=O) groups excluding carboxylic acids is 2. The Hall–Kier alpha value is -2.68. The average molecular weight is 427 g/mol. The first kappa shape index (κ1) is 24.6. The van der Waals surface area contributed by atoms with Crippen molar-refractivity contribution in [1.82, 2.24) is 5.32 Å². The molecule has 2 aromatic rings. The van der Waals surface area contributed by atoms with Crippen LogP contribution in [0.1, 0.15) is 44.0 Å². The van der Waals surface area contributed by atoms with Crippen molar-refractivity contribution >= 4 is 18.8 Å². The van der Waals surface area contributed by atoms with Crippen LogP contribution in [0.25, 0.3) is 0 Å². The minimum Gasteiger partial charge on any atom is -0.457 e. The maximum absolute atomic E-state index is 12.7. The first-order chi connectivity index (χ1) is 14.7. The monoisotopic (exact) mass is 427 g/mol. The van der Waals surface area contributed by atoms with Gasteiger partial charge in [0.1, 0.15) is 11.5 Å². The minimum absolute atomic E-state index is 0.121. The summed E-state index contributed by atoms with van der Waals surface area (Å²) in [6, 6.07) is 15.8. The molecule has 0 unspecified atom stereocenters. The summed E-state index contributed by atoms with van der Waals surface area (Å²) >= 11 is 0. The van der Waals surface area contributed by atoms with E-state index in [1.165, 1.54) is 6.92 Å². The van der Waals surface area contributed by atoms with Crippen molar-refractivity contribution in [3.05, 3.63) is 60.2 Å². The van der Waals surface area contributed by atoms with Crippen molar-refractivity contribution in [2.24, 2.45) is 11.8 Å². The Kier molecular flexibility index (Phi) is 9.24. The van der Waals surface area contributed by atoms with Gasteiger partial charge in [-0.3, -0.25) is 9.59 Å². The molecule has 2 rings (SSSR count). The van der Waals surface area contributed by atoms with Crippen molar-refractivity contribution in [2.75, 3.05) is 0 Å². The number of rotatable bonds is 11. The largest absolute Gasteiger partial charge is 0.475 e. The summed E-state index contributed by atoms with van der Waals surface area (Å²) in [4.78, 5) is 25.3. The van der Waals surface area contributed by atoms with Crippen molar-refractivity contribution in [1.29, 1.82) is 0 Å². The van der Waals surface area contributed by atoms with Crippen molar-refractivity contribution in [2.45, 2.75) is 45.7 Å². The number of aliphatic hydroxyl groups excluding tert-OH is 1. The molecule has 0 aliphatic rings. The van der Waals surface area contributed by atoms with Gasteiger partial charge in [-0.15, -0.1) is 0 Å². The Morgan fingerprint density at radius 2 is 1.55 bits per heavy atom. The highest BCUT2D eigenvalue weighted by atomic mass is 16.5. The molecule has 31 heavy (non-hydrogen) atoms. The van der Waals surface area contributed by atoms with E-state index >= 15 is 0 Å². The normalized spacial score (nSPS) is 13.9. The molecule has 0 heterocycles. The van der Waals surface area contributed by atoms with Gasteiger partial charge in [-0.25, -0.2) is 0 Å². The van der Waals surface area contributed by atoms with Gasteiger partial charge >= 0.3 is 7.12 Å². The Morgan fingerprint density at radius 3 is 2.06 bits per heavy atom. The van der Waals surface area contributed by atoms with E-state index < -0.39 is 31.0 Å². The number of para-hydroxylation sites is 1. The summed E-state index contributed by atoms with van der Waals surface area (Å²) in [6.07, 6.45) is -0.939. The van der Waals surface area contributed by atoms with E-state index in [-0.39, 0.29) is 18.1 Å². The number of carbonyl (C=O) groups is 2. The standard InChI is InChI=1S/C23H30BNO6/c1-15(2)13-22(24(29)30)25-23(28)20(16(3)26)14-21(27)17-9-11-19(12-10-17)31-18-7-5-4-6-8-18/h4-12,15-16,20,22,26,29-30H,13-14H2,1-3H3,(H,25,28)/t16-,20+,22+/m1/s1. The zero-order valence-electron chi connectivity index (χ0n) is 18.1. The van der Waals surface area contributed by atoms with E-state index in [2.05, 4.69) is 5.32 Å². The van der Waals surface area contributed by atoms with Gasteiger partial charge in [0.05, 0.1) is 18.0 Å². The molecule has 0 radical (unpaired) electrons. The molecule has 0 saturated carbocycles. The zero-order chi connectivity index (χ0) is 23.0. The molecule has 0 aromatic heterocycles. The molecule has 0 spiro atoms. The van der Waals surface area contributed by atoms with Gasteiger partial charge in [-0.2, -0.15) is 0 Å². The molecule has 0 fully saturated rings. The highest BCUT2D eigenvalue weighted by molar-refractivity contribution is 6.43. The first-order valence-corrected chi connectivity index (χ1v) is 10.4. The molecular formula is C23H30BNO6. The molecule has 1 amide bonds. The number of Topliss-reactive ketones (excluding diaryl/α,β-unsaturated/α-hetero) is 1. The molecule has 2 aromatic carbocycles. The van der Waals surface area contributed by atoms with E-state index in [4.69, 9.17) is 4.74 Å². The van der Waals surface area contributed by atoms with E-state index in [0.29, 0.717) is 23.5 Å². The summed E-state index contributed by atoms with van der Waals surface area (Å²) in [7, 11) is -1.73. The predicted molar refractivity (Wildman–Crippen MR) is 119 cm³/mol. The zero-order valence-corrected chi connectivity index (χ0v) is 18.1.